The van der Waals surface area contributed by atoms with Gasteiger partial charge in [0.05, 0.1) is 29.8 Å². The number of para-hydroxylation sites is 1. The first-order valence-electron chi connectivity index (χ1n) is 9.64. The fourth-order valence-electron chi connectivity index (χ4n) is 3.16. The number of ether oxygens (including phenoxy) is 3. The van der Waals surface area contributed by atoms with E-state index < -0.39 is 4.92 Å². The van der Waals surface area contributed by atoms with Gasteiger partial charge in [-0.25, -0.2) is 0 Å². The summed E-state index contributed by atoms with van der Waals surface area (Å²) in [7, 11) is 2.89. The molecule has 1 aliphatic rings. The van der Waals surface area contributed by atoms with Gasteiger partial charge < -0.3 is 19.5 Å². The van der Waals surface area contributed by atoms with Crippen molar-refractivity contribution in [2.24, 2.45) is 0 Å². The van der Waals surface area contributed by atoms with E-state index in [4.69, 9.17) is 14.2 Å². The van der Waals surface area contributed by atoms with E-state index in [1.807, 2.05) is 47.8 Å². The van der Waals surface area contributed by atoms with E-state index in [1.54, 1.807) is 6.07 Å². The van der Waals surface area contributed by atoms with E-state index in [9.17, 15) is 14.9 Å². The quantitative estimate of drug-likeness (QED) is 0.418. The van der Waals surface area contributed by atoms with Crippen LogP contribution in [-0.2, 0) is 11.2 Å². The normalized spacial score (nSPS) is 13.6. The fourth-order valence-corrected chi connectivity index (χ4v) is 6.06. The van der Waals surface area contributed by atoms with Crippen molar-refractivity contribution in [3.05, 3.63) is 57.6 Å². The SMILES string of the molecule is COc1cc(CCNC(=O)COc2ccccc2C2SCCS2)c([N+](=O)[O-])cc1OC. The molecule has 0 aliphatic carbocycles. The highest BCUT2D eigenvalue weighted by Gasteiger charge is 2.22. The molecule has 0 atom stereocenters. The van der Waals surface area contributed by atoms with E-state index >= 15 is 0 Å². The van der Waals surface area contributed by atoms with E-state index in [0.717, 1.165) is 17.1 Å². The third-order valence-corrected chi connectivity index (χ3v) is 7.72. The maximum Gasteiger partial charge on any atom is 0.276 e. The third-order valence-electron chi connectivity index (χ3n) is 4.65. The van der Waals surface area contributed by atoms with Crippen LogP contribution >= 0.6 is 23.5 Å². The number of carbonyl (C=O) groups is 1. The number of nitrogens with one attached hydrogen (secondary N) is 1. The van der Waals surface area contributed by atoms with Crippen LogP contribution in [0.4, 0.5) is 5.69 Å². The molecule has 2 aromatic carbocycles. The number of thioether (sulfide) groups is 2. The molecule has 3 rings (SSSR count). The molecule has 0 saturated carbocycles. The lowest BCUT2D eigenvalue weighted by Crippen LogP contribution is -2.30. The molecule has 0 unspecified atom stereocenters. The summed E-state index contributed by atoms with van der Waals surface area (Å²) in [5.41, 5.74) is 1.46. The van der Waals surface area contributed by atoms with Crippen molar-refractivity contribution in [1.82, 2.24) is 5.32 Å². The molecule has 1 aliphatic heterocycles. The van der Waals surface area contributed by atoms with Crippen molar-refractivity contribution in [3.8, 4) is 17.2 Å². The Bertz CT molecular complexity index is 934. The number of rotatable bonds is 10. The fraction of sp³-hybridized carbons (Fsp3) is 0.381. The first kappa shape index (κ1) is 23.1. The van der Waals surface area contributed by atoms with Crippen molar-refractivity contribution >= 4 is 35.1 Å². The summed E-state index contributed by atoms with van der Waals surface area (Å²) < 4.78 is 16.4. The van der Waals surface area contributed by atoms with Crippen molar-refractivity contribution in [2.75, 3.05) is 38.9 Å². The van der Waals surface area contributed by atoms with Gasteiger partial charge in [-0.2, -0.15) is 0 Å². The molecule has 0 aromatic heterocycles. The highest BCUT2D eigenvalue weighted by Crippen LogP contribution is 2.48. The van der Waals surface area contributed by atoms with Crippen LogP contribution in [0.1, 0.15) is 15.7 Å². The van der Waals surface area contributed by atoms with E-state index in [-0.39, 0.29) is 36.9 Å². The summed E-state index contributed by atoms with van der Waals surface area (Å²) in [4.78, 5) is 23.2. The molecule has 0 radical (unpaired) electrons. The maximum atomic E-state index is 12.3. The Morgan fingerprint density at radius 3 is 2.48 bits per heavy atom. The smallest absolute Gasteiger partial charge is 0.276 e. The number of hydrogen-bond donors (Lipinski definition) is 1. The van der Waals surface area contributed by atoms with E-state index in [0.29, 0.717) is 21.6 Å². The van der Waals surface area contributed by atoms with Crippen LogP contribution in [0.15, 0.2) is 36.4 Å². The average Bonchev–Trinajstić information content (AvgIpc) is 3.32. The minimum atomic E-state index is -0.474. The van der Waals surface area contributed by atoms with Gasteiger partial charge in [0.2, 0.25) is 0 Å². The molecule has 0 bridgehead atoms. The average molecular weight is 465 g/mol. The summed E-state index contributed by atoms with van der Waals surface area (Å²) in [6, 6.07) is 10.6. The molecule has 0 spiro atoms. The zero-order valence-electron chi connectivity index (χ0n) is 17.3. The van der Waals surface area contributed by atoms with Crippen LogP contribution in [0.3, 0.4) is 0 Å². The Labute approximate surface area is 189 Å². The summed E-state index contributed by atoms with van der Waals surface area (Å²) in [5, 5.41) is 14.1. The maximum absolute atomic E-state index is 12.3. The molecule has 166 valence electrons. The van der Waals surface area contributed by atoms with Crippen molar-refractivity contribution in [3.63, 3.8) is 0 Å². The Morgan fingerprint density at radius 1 is 1.13 bits per heavy atom. The Hall–Kier alpha value is -2.59. The van der Waals surface area contributed by atoms with Gasteiger partial charge >= 0.3 is 0 Å². The number of nitrogens with zero attached hydrogens (tertiary/aromatic N) is 1. The second-order valence-corrected chi connectivity index (χ2v) is 9.32. The predicted octanol–water partition coefficient (Wildman–Crippen LogP) is 3.83. The van der Waals surface area contributed by atoms with Crippen molar-refractivity contribution in [1.29, 1.82) is 0 Å². The molecule has 1 amide bonds. The van der Waals surface area contributed by atoms with Gasteiger partial charge in [0.25, 0.3) is 11.6 Å². The molecule has 1 N–H and O–H groups in total. The number of methoxy groups -OCH3 is 2. The standard InChI is InChI=1S/C21H24N2O6S2/c1-27-18-11-14(16(23(25)26)12-19(18)28-2)7-8-22-20(24)13-29-17-6-4-3-5-15(17)21-30-9-10-31-21/h3-6,11-12,21H,7-10,13H2,1-2H3,(H,22,24). The predicted molar refractivity (Wildman–Crippen MR) is 123 cm³/mol. The van der Waals surface area contributed by atoms with E-state index in [2.05, 4.69) is 5.32 Å². The van der Waals surface area contributed by atoms with Gasteiger partial charge in [0, 0.05) is 29.2 Å². The summed E-state index contributed by atoms with van der Waals surface area (Å²) in [6.07, 6.45) is 0.272. The second kappa shape index (κ2) is 11.1. The number of nitro groups is 1. The Balaban J connectivity index is 1.56. The van der Waals surface area contributed by atoms with Gasteiger partial charge in [-0.3, -0.25) is 14.9 Å². The minimum Gasteiger partial charge on any atom is -0.493 e. The van der Waals surface area contributed by atoms with E-state index in [1.165, 1.54) is 20.3 Å². The van der Waals surface area contributed by atoms with Gasteiger partial charge in [0.15, 0.2) is 18.1 Å². The number of benzene rings is 2. The zero-order chi connectivity index (χ0) is 22.2. The summed E-state index contributed by atoms with van der Waals surface area (Å²) in [5.74, 6) is 3.31. The van der Waals surface area contributed by atoms with Gasteiger partial charge in [-0.05, 0) is 18.6 Å². The zero-order valence-corrected chi connectivity index (χ0v) is 18.9. The van der Waals surface area contributed by atoms with Crippen molar-refractivity contribution < 1.29 is 23.9 Å². The molecule has 2 aromatic rings. The molecule has 8 nitrogen and oxygen atoms in total. The van der Waals surface area contributed by atoms with Gasteiger partial charge in [-0.1, -0.05) is 18.2 Å². The first-order chi connectivity index (χ1) is 15.0. The van der Waals surface area contributed by atoms with Crippen LogP contribution < -0.4 is 19.5 Å². The molecule has 1 fully saturated rings. The highest BCUT2D eigenvalue weighted by molar-refractivity contribution is 8.19. The molecule has 1 saturated heterocycles. The summed E-state index contributed by atoms with van der Waals surface area (Å²) >= 11 is 3.75. The number of hydrogen-bond acceptors (Lipinski definition) is 8. The van der Waals surface area contributed by atoms with Crippen LogP contribution in [0.2, 0.25) is 0 Å². The second-order valence-electron chi connectivity index (χ2n) is 6.59. The number of nitro benzene ring substituents is 1. The molecule has 10 heteroatoms. The lowest BCUT2D eigenvalue weighted by atomic mass is 10.1. The lowest BCUT2D eigenvalue weighted by molar-refractivity contribution is -0.385. The number of amides is 1. The monoisotopic (exact) mass is 464 g/mol. The Kier molecular flexibility index (Phi) is 8.30. The topological polar surface area (TPSA) is 99.9 Å². The minimum absolute atomic E-state index is 0.0800. The lowest BCUT2D eigenvalue weighted by Gasteiger charge is -2.15. The summed E-state index contributed by atoms with van der Waals surface area (Å²) in [6.45, 7) is 0.113. The Morgan fingerprint density at radius 2 is 1.81 bits per heavy atom. The van der Waals surface area contributed by atoms with Gasteiger partial charge in [-0.15, -0.1) is 23.5 Å². The molecule has 1 heterocycles. The van der Waals surface area contributed by atoms with Crippen molar-refractivity contribution in [2.45, 2.75) is 11.0 Å². The largest absolute Gasteiger partial charge is 0.493 e. The van der Waals surface area contributed by atoms with Gasteiger partial charge in [0.1, 0.15) is 5.75 Å². The third kappa shape index (κ3) is 5.98. The highest BCUT2D eigenvalue weighted by atomic mass is 32.2. The molecule has 31 heavy (non-hydrogen) atoms. The van der Waals surface area contributed by atoms with Crippen LogP contribution in [0, 0.1) is 10.1 Å². The number of carbonyl (C=O) groups excluding carboxylic acids is 1. The van der Waals surface area contributed by atoms with Crippen LogP contribution in [0.25, 0.3) is 0 Å². The van der Waals surface area contributed by atoms with Crippen LogP contribution in [0.5, 0.6) is 17.2 Å². The molecular formula is C21H24N2O6S2. The first-order valence-corrected chi connectivity index (χ1v) is 11.7. The van der Waals surface area contributed by atoms with Crippen LogP contribution in [-0.4, -0.2) is 49.7 Å². The molecular weight excluding hydrogens is 440 g/mol.